The van der Waals surface area contributed by atoms with Crippen molar-refractivity contribution in [1.29, 1.82) is 0 Å². The normalized spacial score (nSPS) is 15.4. The van der Waals surface area contributed by atoms with Gasteiger partial charge in [0.05, 0.1) is 0 Å². The Labute approximate surface area is 153 Å². The molecule has 0 aliphatic heterocycles. The number of rotatable bonds is 18. The minimum Gasteiger partial charge on any atom is -0.317 e. The summed E-state index contributed by atoms with van der Waals surface area (Å²) < 4.78 is 0. The molecule has 0 atom stereocenters. The van der Waals surface area contributed by atoms with Crippen LogP contribution >= 0.6 is 0 Å². The third-order valence-corrected chi connectivity index (χ3v) is 5.91. The quantitative estimate of drug-likeness (QED) is 0.253. The minimum absolute atomic E-state index is 1.05. The Morgan fingerprint density at radius 3 is 1.54 bits per heavy atom. The summed E-state index contributed by atoms with van der Waals surface area (Å²) in [5, 5.41) is 3.66. The van der Waals surface area contributed by atoms with Crippen LogP contribution in [0.5, 0.6) is 0 Å². The van der Waals surface area contributed by atoms with E-state index in [1.165, 1.54) is 135 Å². The molecule has 1 nitrogen and oxygen atoms in total. The van der Waals surface area contributed by atoms with Gasteiger partial charge in [-0.2, -0.15) is 0 Å². The predicted molar refractivity (Wildman–Crippen MR) is 110 cm³/mol. The summed E-state index contributed by atoms with van der Waals surface area (Å²) in [5.41, 5.74) is 0. The zero-order chi connectivity index (χ0) is 17.1. The SMILES string of the molecule is CCCCCCCCCCCCCCCCNCCC1CCCC1. The molecule has 0 aromatic heterocycles. The van der Waals surface area contributed by atoms with Gasteiger partial charge >= 0.3 is 0 Å². The largest absolute Gasteiger partial charge is 0.317 e. The fourth-order valence-corrected chi connectivity index (χ4v) is 4.17. The van der Waals surface area contributed by atoms with Crippen LogP contribution in [0.25, 0.3) is 0 Å². The Morgan fingerprint density at radius 2 is 1.04 bits per heavy atom. The van der Waals surface area contributed by atoms with Gasteiger partial charge in [-0.15, -0.1) is 0 Å². The molecule has 1 heteroatoms. The molecule has 1 saturated carbocycles. The second-order valence-corrected chi connectivity index (χ2v) is 8.29. The van der Waals surface area contributed by atoms with Crippen molar-refractivity contribution < 1.29 is 0 Å². The molecule has 0 aromatic rings. The monoisotopic (exact) mass is 337 g/mol. The molecule has 1 N–H and O–H groups in total. The fourth-order valence-electron chi connectivity index (χ4n) is 4.17. The highest BCUT2D eigenvalue weighted by molar-refractivity contribution is 4.68. The van der Waals surface area contributed by atoms with Crippen molar-refractivity contribution in [3.05, 3.63) is 0 Å². The van der Waals surface area contributed by atoms with E-state index in [2.05, 4.69) is 12.2 Å². The van der Waals surface area contributed by atoms with E-state index in [0.717, 1.165) is 5.92 Å². The molecular formula is C23H47N. The van der Waals surface area contributed by atoms with Crippen molar-refractivity contribution in [2.45, 2.75) is 129 Å². The van der Waals surface area contributed by atoms with Gasteiger partial charge in [0.25, 0.3) is 0 Å². The molecule has 0 bridgehead atoms. The smallest absolute Gasteiger partial charge is 0.00463 e. The van der Waals surface area contributed by atoms with Crippen LogP contribution in [0.2, 0.25) is 0 Å². The zero-order valence-corrected chi connectivity index (χ0v) is 16.9. The first-order valence-corrected chi connectivity index (χ1v) is 11.6. The zero-order valence-electron chi connectivity index (χ0n) is 16.9. The van der Waals surface area contributed by atoms with Gasteiger partial charge in [-0.3, -0.25) is 0 Å². The molecule has 0 heterocycles. The molecule has 0 unspecified atom stereocenters. The molecule has 144 valence electrons. The first-order valence-electron chi connectivity index (χ1n) is 11.6. The average molecular weight is 338 g/mol. The maximum atomic E-state index is 3.66. The van der Waals surface area contributed by atoms with Crippen LogP contribution in [0.1, 0.15) is 129 Å². The lowest BCUT2D eigenvalue weighted by Crippen LogP contribution is -2.18. The topological polar surface area (TPSA) is 12.0 Å². The summed E-state index contributed by atoms with van der Waals surface area (Å²) in [5.74, 6) is 1.05. The van der Waals surface area contributed by atoms with Gasteiger partial charge in [0.2, 0.25) is 0 Å². The number of unbranched alkanes of at least 4 members (excludes halogenated alkanes) is 13. The van der Waals surface area contributed by atoms with E-state index in [4.69, 9.17) is 0 Å². The molecule has 1 fully saturated rings. The van der Waals surface area contributed by atoms with Crippen LogP contribution in [0.3, 0.4) is 0 Å². The maximum Gasteiger partial charge on any atom is -0.00463 e. The molecular weight excluding hydrogens is 290 g/mol. The van der Waals surface area contributed by atoms with Crippen molar-refractivity contribution in [2.75, 3.05) is 13.1 Å². The van der Waals surface area contributed by atoms with E-state index in [1.807, 2.05) is 0 Å². The van der Waals surface area contributed by atoms with Crippen LogP contribution in [0.4, 0.5) is 0 Å². The molecule has 0 amide bonds. The molecule has 0 aromatic carbocycles. The molecule has 0 saturated heterocycles. The molecule has 0 spiro atoms. The molecule has 24 heavy (non-hydrogen) atoms. The van der Waals surface area contributed by atoms with Crippen molar-refractivity contribution in [2.24, 2.45) is 5.92 Å². The summed E-state index contributed by atoms with van der Waals surface area (Å²) in [6.45, 7) is 4.82. The highest BCUT2D eigenvalue weighted by Gasteiger charge is 2.13. The average Bonchev–Trinajstić information content (AvgIpc) is 3.11. The van der Waals surface area contributed by atoms with Gasteiger partial charge in [0.1, 0.15) is 0 Å². The van der Waals surface area contributed by atoms with Crippen LogP contribution in [-0.4, -0.2) is 13.1 Å². The van der Waals surface area contributed by atoms with E-state index >= 15 is 0 Å². The first kappa shape index (κ1) is 22.0. The van der Waals surface area contributed by atoms with E-state index < -0.39 is 0 Å². The lowest BCUT2D eigenvalue weighted by atomic mass is 10.0. The molecule has 0 radical (unpaired) electrons. The number of hydrogen-bond donors (Lipinski definition) is 1. The summed E-state index contributed by atoms with van der Waals surface area (Å²) >= 11 is 0. The van der Waals surface area contributed by atoms with Gasteiger partial charge in [-0.25, -0.2) is 0 Å². The van der Waals surface area contributed by atoms with E-state index in [0.29, 0.717) is 0 Å². The lowest BCUT2D eigenvalue weighted by molar-refractivity contribution is 0.470. The summed E-state index contributed by atoms with van der Waals surface area (Å²) in [6.07, 6.45) is 27.8. The van der Waals surface area contributed by atoms with E-state index in [1.54, 1.807) is 0 Å². The van der Waals surface area contributed by atoms with Crippen LogP contribution in [0.15, 0.2) is 0 Å². The summed E-state index contributed by atoms with van der Waals surface area (Å²) in [6, 6.07) is 0. The predicted octanol–water partition coefficient (Wildman–Crippen LogP) is 7.64. The second-order valence-electron chi connectivity index (χ2n) is 8.29. The standard InChI is InChI=1S/C23H47N/c1-2-3-4-5-6-7-8-9-10-11-12-13-14-17-21-24-22-20-23-18-15-16-19-23/h23-24H,2-22H2,1H3. The number of nitrogens with one attached hydrogen (secondary N) is 1. The van der Waals surface area contributed by atoms with Gasteiger partial charge in [0, 0.05) is 0 Å². The third kappa shape index (κ3) is 14.3. The minimum atomic E-state index is 1.05. The van der Waals surface area contributed by atoms with Crippen molar-refractivity contribution in [3.8, 4) is 0 Å². The molecule has 1 aliphatic rings. The van der Waals surface area contributed by atoms with Crippen LogP contribution in [-0.2, 0) is 0 Å². The van der Waals surface area contributed by atoms with Crippen molar-refractivity contribution in [3.63, 3.8) is 0 Å². The Morgan fingerprint density at radius 1 is 0.583 bits per heavy atom. The van der Waals surface area contributed by atoms with Gasteiger partial charge in [0.15, 0.2) is 0 Å². The molecule has 1 aliphatic carbocycles. The Balaban J connectivity index is 1.63. The highest BCUT2D eigenvalue weighted by atomic mass is 14.8. The Bertz CT molecular complexity index is 232. The Hall–Kier alpha value is -0.0400. The van der Waals surface area contributed by atoms with Gasteiger partial charge < -0.3 is 5.32 Å². The van der Waals surface area contributed by atoms with Crippen LogP contribution < -0.4 is 5.32 Å². The first-order chi connectivity index (χ1) is 11.9. The van der Waals surface area contributed by atoms with Crippen LogP contribution in [0, 0.1) is 5.92 Å². The Kier molecular flexibility index (Phi) is 16.3. The molecule has 1 rings (SSSR count). The van der Waals surface area contributed by atoms with Crippen molar-refractivity contribution >= 4 is 0 Å². The number of hydrogen-bond acceptors (Lipinski definition) is 1. The maximum absolute atomic E-state index is 3.66. The summed E-state index contributed by atoms with van der Waals surface area (Å²) in [7, 11) is 0. The highest BCUT2D eigenvalue weighted by Crippen LogP contribution is 2.26. The third-order valence-electron chi connectivity index (χ3n) is 5.91. The van der Waals surface area contributed by atoms with E-state index in [-0.39, 0.29) is 0 Å². The van der Waals surface area contributed by atoms with Gasteiger partial charge in [-0.1, -0.05) is 116 Å². The second kappa shape index (κ2) is 17.8. The van der Waals surface area contributed by atoms with Gasteiger partial charge in [-0.05, 0) is 31.8 Å². The lowest BCUT2D eigenvalue weighted by Gasteiger charge is -2.09. The van der Waals surface area contributed by atoms with Crippen molar-refractivity contribution in [1.82, 2.24) is 5.32 Å². The van der Waals surface area contributed by atoms with E-state index in [9.17, 15) is 0 Å². The summed E-state index contributed by atoms with van der Waals surface area (Å²) in [4.78, 5) is 0. The fraction of sp³-hybridized carbons (Fsp3) is 1.00.